The fourth-order valence-electron chi connectivity index (χ4n) is 2.98. The molecule has 28 heavy (non-hydrogen) atoms. The van der Waals surface area contributed by atoms with Crippen molar-refractivity contribution in [2.75, 3.05) is 18.4 Å². The van der Waals surface area contributed by atoms with Gasteiger partial charge in [0.1, 0.15) is 6.54 Å². The monoisotopic (exact) mass is 413 g/mol. The highest BCUT2D eigenvalue weighted by molar-refractivity contribution is 6.31. The first-order valence-corrected chi connectivity index (χ1v) is 8.65. The van der Waals surface area contributed by atoms with E-state index in [1.54, 1.807) is 18.3 Å². The lowest BCUT2D eigenvalue weighted by Gasteiger charge is -2.18. The number of hydrogen-bond acceptors (Lipinski definition) is 3. The number of halogens is 4. The van der Waals surface area contributed by atoms with Crippen molar-refractivity contribution in [2.45, 2.75) is 12.6 Å². The van der Waals surface area contributed by atoms with E-state index in [1.807, 2.05) is 0 Å². The Bertz CT molecular complexity index is 913. The molecule has 1 fully saturated rings. The molecule has 1 atom stereocenters. The quantitative estimate of drug-likeness (QED) is 0.738. The van der Waals surface area contributed by atoms with E-state index in [0.717, 1.165) is 0 Å². The molecule has 1 aliphatic heterocycles. The van der Waals surface area contributed by atoms with Crippen LogP contribution in [0.5, 0.6) is 0 Å². The molecule has 1 saturated heterocycles. The Labute approximate surface area is 162 Å². The Morgan fingerprint density at radius 1 is 1.29 bits per heavy atom. The molecule has 0 radical (unpaired) electrons. The van der Waals surface area contributed by atoms with Gasteiger partial charge in [0.2, 0.25) is 17.6 Å². The third-order valence-electron chi connectivity index (χ3n) is 4.28. The van der Waals surface area contributed by atoms with Crippen molar-refractivity contribution in [3.05, 3.63) is 52.8 Å². The topological polar surface area (TPSA) is 82.3 Å². The average molecular weight is 414 g/mol. The molecule has 1 aliphatic rings. The van der Waals surface area contributed by atoms with Crippen LogP contribution in [-0.4, -0.2) is 46.7 Å². The highest BCUT2D eigenvalue weighted by Gasteiger charge is 2.40. The average Bonchev–Trinajstić information content (AvgIpc) is 3.25. The summed E-state index contributed by atoms with van der Waals surface area (Å²) in [6.45, 7) is -1.73. The number of alkyl halides is 3. The predicted molar refractivity (Wildman–Crippen MR) is 95.0 cm³/mol. The van der Waals surface area contributed by atoms with Crippen molar-refractivity contribution in [2.24, 2.45) is 5.92 Å². The van der Waals surface area contributed by atoms with Gasteiger partial charge < -0.3 is 15.2 Å². The second-order valence-corrected chi connectivity index (χ2v) is 6.82. The molecular weight excluding hydrogens is 399 g/mol. The van der Waals surface area contributed by atoms with Gasteiger partial charge in [-0.1, -0.05) is 11.6 Å². The van der Waals surface area contributed by atoms with E-state index in [2.05, 4.69) is 10.3 Å². The zero-order chi connectivity index (χ0) is 20.5. The maximum Gasteiger partial charge on any atom is 0.406 e. The number of rotatable bonds is 5. The highest BCUT2D eigenvalue weighted by atomic mass is 35.5. The molecule has 2 heterocycles. The predicted octanol–water partition coefficient (Wildman–Crippen LogP) is 3.25. The number of likely N-dealkylation sites (tertiary alicyclic amines) is 1. The normalized spacial score (nSPS) is 17.1. The minimum absolute atomic E-state index is 0.125. The summed E-state index contributed by atoms with van der Waals surface area (Å²) in [7, 11) is 0. The number of anilines is 1. The van der Waals surface area contributed by atoms with Gasteiger partial charge in [0.25, 0.3) is 0 Å². The first-order chi connectivity index (χ1) is 13.1. The van der Waals surface area contributed by atoms with Crippen LogP contribution in [0.1, 0.15) is 22.5 Å². The van der Waals surface area contributed by atoms with Crippen molar-refractivity contribution < 1.29 is 27.6 Å². The zero-order valence-corrected chi connectivity index (χ0v) is 15.1. The highest BCUT2D eigenvalue weighted by Crippen LogP contribution is 2.27. The second-order valence-electron chi connectivity index (χ2n) is 6.38. The molecule has 10 heteroatoms. The van der Waals surface area contributed by atoms with E-state index < -0.39 is 36.2 Å². The SMILES string of the molecule is O=C(c1ccc[nH]1)c1cc(Cl)ccc1NC(=O)[C@H]1CC(=O)N(CC(F)(F)F)C1. The summed E-state index contributed by atoms with van der Waals surface area (Å²) in [6.07, 6.45) is -3.29. The number of nitrogens with zero attached hydrogens (tertiary/aromatic N) is 1. The molecule has 1 aromatic carbocycles. The summed E-state index contributed by atoms with van der Waals surface area (Å²) in [6, 6.07) is 7.48. The van der Waals surface area contributed by atoms with Crippen LogP contribution in [-0.2, 0) is 9.59 Å². The van der Waals surface area contributed by atoms with Gasteiger partial charge in [-0.25, -0.2) is 0 Å². The number of benzene rings is 1. The largest absolute Gasteiger partial charge is 0.406 e. The van der Waals surface area contributed by atoms with Crippen LogP contribution in [0.25, 0.3) is 0 Å². The van der Waals surface area contributed by atoms with Crippen LogP contribution in [0.4, 0.5) is 18.9 Å². The van der Waals surface area contributed by atoms with Gasteiger partial charge in [-0.2, -0.15) is 13.2 Å². The van der Waals surface area contributed by atoms with Gasteiger partial charge in [0.15, 0.2) is 0 Å². The van der Waals surface area contributed by atoms with Gasteiger partial charge in [0.05, 0.1) is 17.3 Å². The van der Waals surface area contributed by atoms with Crippen LogP contribution in [0.2, 0.25) is 5.02 Å². The van der Waals surface area contributed by atoms with E-state index in [9.17, 15) is 27.6 Å². The molecule has 6 nitrogen and oxygen atoms in total. The Morgan fingerprint density at radius 2 is 2.04 bits per heavy atom. The first kappa shape index (κ1) is 19.9. The second kappa shape index (κ2) is 7.67. The standard InChI is InChI=1S/C18H15ClF3N3O3/c19-11-3-4-13(12(7-11)16(27)14-2-1-5-23-14)24-17(28)10-6-15(26)25(8-10)9-18(20,21)22/h1-5,7,10,23H,6,8-9H2,(H,24,28)/t10-/m0/s1. The summed E-state index contributed by atoms with van der Waals surface area (Å²) in [5.74, 6) is -2.74. The fraction of sp³-hybridized carbons (Fsp3) is 0.278. The third-order valence-corrected chi connectivity index (χ3v) is 4.52. The molecule has 0 unspecified atom stereocenters. The molecule has 0 spiro atoms. The zero-order valence-electron chi connectivity index (χ0n) is 14.3. The summed E-state index contributed by atoms with van der Waals surface area (Å²) in [5.41, 5.74) is 0.570. The Hall–Kier alpha value is -2.81. The van der Waals surface area contributed by atoms with Gasteiger partial charge in [-0.05, 0) is 30.3 Å². The van der Waals surface area contributed by atoms with Gasteiger partial charge >= 0.3 is 6.18 Å². The van der Waals surface area contributed by atoms with Crippen molar-refractivity contribution in [1.82, 2.24) is 9.88 Å². The lowest BCUT2D eigenvalue weighted by atomic mass is 10.0. The fourth-order valence-corrected chi connectivity index (χ4v) is 3.15. The molecule has 2 aromatic rings. The number of carbonyl (C=O) groups excluding carboxylic acids is 3. The molecule has 3 rings (SSSR count). The van der Waals surface area contributed by atoms with Crippen molar-refractivity contribution in [3.8, 4) is 0 Å². The molecule has 148 valence electrons. The summed E-state index contributed by atoms with van der Waals surface area (Å²) in [4.78, 5) is 40.2. The molecule has 2 amide bonds. The number of carbonyl (C=O) groups is 3. The van der Waals surface area contributed by atoms with Crippen molar-refractivity contribution in [3.63, 3.8) is 0 Å². The Morgan fingerprint density at radius 3 is 2.68 bits per heavy atom. The van der Waals surface area contributed by atoms with Crippen LogP contribution < -0.4 is 5.32 Å². The Balaban J connectivity index is 1.76. The number of nitrogens with one attached hydrogen (secondary N) is 2. The van der Waals surface area contributed by atoms with Crippen molar-refractivity contribution in [1.29, 1.82) is 0 Å². The maximum atomic E-state index is 12.6. The number of hydrogen-bond donors (Lipinski definition) is 2. The maximum absolute atomic E-state index is 12.6. The van der Waals surface area contributed by atoms with E-state index in [4.69, 9.17) is 11.6 Å². The number of ketones is 1. The molecule has 0 aliphatic carbocycles. The van der Waals surface area contributed by atoms with E-state index in [1.165, 1.54) is 18.2 Å². The van der Waals surface area contributed by atoms with Crippen LogP contribution in [0.15, 0.2) is 36.5 Å². The molecule has 0 saturated carbocycles. The van der Waals surface area contributed by atoms with Gasteiger partial charge in [-0.3, -0.25) is 14.4 Å². The number of H-pyrrole nitrogens is 1. The number of amides is 2. The summed E-state index contributed by atoms with van der Waals surface area (Å²) in [5, 5.41) is 2.81. The lowest BCUT2D eigenvalue weighted by Crippen LogP contribution is -2.36. The number of aromatic amines is 1. The third kappa shape index (κ3) is 4.53. The number of aromatic nitrogens is 1. The summed E-state index contributed by atoms with van der Waals surface area (Å²) >= 11 is 5.95. The first-order valence-electron chi connectivity index (χ1n) is 8.27. The van der Waals surface area contributed by atoms with E-state index in [-0.39, 0.29) is 34.9 Å². The lowest BCUT2D eigenvalue weighted by molar-refractivity contribution is -0.157. The molecule has 1 aromatic heterocycles. The van der Waals surface area contributed by atoms with Crippen molar-refractivity contribution >= 4 is 34.9 Å². The minimum Gasteiger partial charge on any atom is -0.359 e. The molecule has 2 N–H and O–H groups in total. The van der Waals surface area contributed by atoms with Crippen LogP contribution in [0, 0.1) is 5.92 Å². The Kier molecular flexibility index (Phi) is 5.46. The minimum atomic E-state index is -4.53. The van der Waals surface area contributed by atoms with Crippen LogP contribution >= 0.6 is 11.6 Å². The van der Waals surface area contributed by atoms with E-state index >= 15 is 0 Å². The van der Waals surface area contributed by atoms with Gasteiger partial charge in [0, 0.05) is 29.7 Å². The smallest absolute Gasteiger partial charge is 0.359 e. The van der Waals surface area contributed by atoms with E-state index in [0.29, 0.717) is 4.90 Å². The summed E-state index contributed by atoms with van der Waals surface area (Å²) < 4.78 is 37.6. The van der Waals surface area contributed by atoms with Gasteiger partial charge in [-0.15, -0.1) is 0 Å². The molecular formula is C18H15ClF3N3O3. The van der Waals surface area contributed by atoms with Crippen LogP contribution in [0.3, 0.4) is 0 Å². The molecule has 0 bridgehead atoms.